The van der Waals surface area contributed by atoms with Crippen LogP contribution in [0.2, 0.25) is 0 Å². The average Bonchev–Trinajstić information content (AvgIpc) is 3.35. The zero-order chi connectivity index (χ0) is 31.0. The first-order valence-electron chi connectivity index (χ1n) is 10.9. The first kappa shape index (κ1) is 36.1. The molecule has 0 atom stereocenters. The number of phenols is 2. The maximum atomic E-state index is 11.8. The van der Waals surface area contributed by atoms with Gasteiger partial charge < -0.3 is 31.5 Å². The first-order chi connectivity index (χ1) is 19.4. The van der Waals surface area contributed by atoms with Crippen LogP contribution in [0.4, 0.5) is 9.59 Å². The Morgan fingerprint density at radius 2 is 1.24 bits per heavy atom. The van der Waals surface area contributed by atoms with Gasteiger partial charge in [-0.25, -0.2) is 0 Å². The van der Waals surface area contributed by atoms with E-state index in [0.717, 1.165) is 33.3 Å². The topological polar surface area (TPSA) is 181 Å². The average molecular weight is 724 g/mol. The Bertz CT molecular complexity index is 1550. The van der Waals surface area contributed by atoms with Crippen molar-refractivity contribution in [1.82, 2.24) is 9.80 Å². The molecular weight excluding hydrogens is 704 g/mol. The quantitative estimate of drug-likeness (QED) is 0.249. The van der Waals surface area contributed by atoms with Crippen molar-refractivity contribution in [2.75, 3.05) is 28.3 Å². The molecule has 222 valence electrons. The number of hydrogen-bond donors (Lipinski definition) is 2. The number of ether oxygens (including phenoxy) is 2. The number of imide groups is 2. The molecule has 4 rings (SSSR count). The summed E-state index contributed by atoms with van der Waals surface area (Å²) in [6.07, 6.45) is 3.02. The number of hydrogen-bond acceptors (Lipinski definition) is 12. The molecule has 16 heteroatoms. The van der Waals surface area contributed by atoms with Crippen LogP contribution >= 0.6 is 39.5 Å². The van der Waals surface area contributed by atoms with E-state index in [-0.39, 0.29) is 61.2 Å². The van der Waals surface area contributed by atoms with E-state index < -0.39 is 5.91 Å². The van der Waals surface area contributed by atoms with Crippen molar-refractivity contribution >= 4 is 73.9 Å². The van der Waals surface area contributed by atoms with Crippen molar-refractivity contribution in [2.45, 2.75) is 0 Å². The number of benzene rings is 2. The molecule has 2 fully saturated rings. The number of phenolic OH excluding ortho intramolecular Hbond substituents is 2. The zero-order valence-corrected chi connectivity index (χ0v) is 26.3. The molecule has 0 aliphatic carbocycles. The molecular formula is C26H20BrCuN4O8S2. The third kappa shape index (κ3) is 8.09. The maximum Gasteiger partial charge on any atom is 1.00 e. The van der Waals surface area contributed by atoms with E-state index in [0.29, 0.717) is 26.3 Å². The summed E-state index contributed by atoms with van der Waals surface area (Å²) >= 11 is 4.97. The van der Waals surface area contributed by atoms with E-state index in [2.05, 4.69) is 15.9 Å². The zero-order valence-electron chi connectivity index (χ0n) is 22.1. The molecule has 42 heavy (non-hydrogen) atoms. The number of nitrogens with zero attached hydrogens (tertiary/aromatic N) is 4. The molecule has 0 aromatic heterocycles. The third-order valence-corrected chi connectivity index (χ3v) is 7.92. The van der Waals surface area contributed by atoms with Gasteiger partial charge >= 0.3 is 17.1 Å². The van der Waals surface area contributed by atoms with Crippen LogP contribution in [-0.4, -0.2) is 70.6 Å². The number of amides is 4. The van der Waals surface area contributed by atoms with Gasteiger partial charge in [0.1, 0.15) is 0 Å². The Balaban J connectivity index is 0.000000388. The van der Waals surface area contributed by atoms with E-state index in [1.54, 1.807) is 12.1 Å². The minimum atomic E-state index is -0.420. The molecule has 4 amide bonds. The number of nitriles is 1. The molecule has 0 unspecified atom stereocenters. The summed E-state index contributed by atoms with van der Waals surface area (Å²) in [5.41, 5.74) is 1.24. The second kappa shape index (κ2) is 15.9. The van der Waals surface area contributed by atoms with Gasteiger partial charge in [-0.15, -0.1) is 0 Å². The minimum Gasteiger partial charge on any atom is -0.512 e. The molecule has 2 saturated heterocycles. The molecule has 12 nitrogen and oxygen atoms in total. The molecule has 0 radical (unpaired) electrons. The molecule has 2 N–H and O–H groups in total. The van der Waals surface area contributed by atoms with Gasteiger partial charge in [0.15, 0.2) is 23.0 Å². The van der Waals surface area contributed by atoms with E-state index in [1.807, 2.05) is 6.07 Å². The number of thioether (sulfide) groups is 2. The predicted molar refractivity (Wildman–Crippen MR) is 154 cm³/mol. The molecule has 2 aliphatic rings. The van der Waals surface area contributed by atoms with Crippen LogP contribution in [0.15, 0.2) is 38.5 Å². The van der Waals surface area contributed by atoms with Gasteiger partial charge in [-0.05, 0) is 65.0 Å². The number of carbonyl (C=O) groups is 4. The minimum absolute atomic E-state index is 0. The number of likely N-dealkylation sites (N-methyl/N-ethyl adjacent to an activating group) is 2. The van der Waals surface area contributed by atoms with Crippen LogP contribution < -0.4 is 9.47 Å². The summed E-state index contributed by atoms with van der Waals surface area (Å²) < 4.78 is 10.6. The van der Waals surface area contributed by atoms with E-state index in [1.165, 1.54) is 52.6 Å². The Labute approximate surface area is 268 Å². The van der Waals surface area contributed by atoms with Gasteiger partial charge in [-0.3, -0.25) is 29.0 Å². The number of carbonyl (C=O) groups excluding carboxylic acids is 4. The normalized spacial score (nSPS) is 15.9. The molecule has 0 bridgehead atoms. The first-order valence-corrected chi connectivity index (χ1v) is 13.4. The monoisotopic (exact) mass is 722 g/mol. The summed E-state index contributed by atoms with van der Waals surface area (Å²) in [7, 11) is 5.64. The fourth-order valence-electron chi connectivity index (χ4n) is 3.17. The Morgan fingerprint density at radius 3 is 1.62 bits per heavy atom. The summed E-state index contributed by atoms with van der Waals surface area (Å²) in [6, 6.07) is 7.67. The number of methoxy groups -OCH3 is 2. The van der Waals surface area contributed by atoms with Crippen LogP contribution in [0.5, 0.6) is 23.0 Å². The van der Waals surface area contributed by atoms with Gasteiger partial charge in [0.25, 0.3) is 22.3 Å². The number of halogens is 1. The maximum absolute atomic E-state index is 11.8. The van der Waals surface area contributed by atoms with Crippen LogP contribution in [0, 0.1) is 23.2 Å². The van der Waals surface area contributed by atoms with Crippen LogP contribution in [-0.2, 0) is 26.7 Å². The van der Waals surface area contributed by atoms with Gasteiger partial charge in [0.2, 0.25) is 0 Å². The largest absolute Gasteiger partial charge is 1.00 e. The van der Waals surface area contributed by atoms with Crippen LogP contribution in [0.25, 0.3) is 12.2 Å². The number of aromatic hydroxyl groups is 2. The van der Waals surface area contributed by atoms with Crippen molar-refractivity contribution in [3.8, 4) is 29.1 Å². The fourth-order valence-corrected chi connectivity index (χ4v) is 5.25. The van der Waals surface area contributed by atoms with Gasteiger partial charge in [0.05, 0.1) is 35.7 Å². The second-order valence-electron chi connectivity index (χ2n) is 7.75. The summed E-state index contributed by atoms with van der Waals surface area (Å²) in [5, 5.41) is 33.8. The van der Waals surface area contributed by atoms with Gasteiger partial charge in [0, 0.05) is 24.6 Å². The molecule has 0 saturated carbocycles. The fraction of sp³-hybridized carbons (Fsp3) is 0.154. The third-order valence-electron chi connectivity index (χ3n) is 5.32. The Morgan fingerprint density at radius 1 is 0.833 bits per heavy atom. The summed E-state index contributed by atoms with van der Waals surface area (Å²) in [5.74, 6) is -0.444. The van der Waals surface area contributed by atoms with Crippen molar-refractivity contribution in [1.29, 1.82) is 10.5 Å². The van der Waals surface area contributed by atoms with E-state index >= 15 is 0 Å². The Kier molecular flexibility index (Phi) is 13.7. The molecule has 0 spiro atoms. The van der Waals surface area contributed by atoms with Crippen molar-refractivity contribution in [3.05, 3.63) is 61.8 Å². The molecule has 2 heterocycles. The molecule has 2 aromatic rings. The molecule has 2 aliphatic heterocycles. The molecule has 2 aromatic carbocycles. The smallest absolute Gasteiger partial charge is 0.512 e. The second-order valence-corrected chi connectivity index (χ2v) is 10.6. The summed E-state index contributed by atoms with van der Waals surface area (Å²) in [4.78, 5) is 49.0. The standard InChI is InChI=1S/C13H10N2O4S.C12H10BrNO4S.CN.Cu/c1-15-12(17)11(20-13(15)18)5-7-4-10(19-2)9(16)3-8(7)6-14;1-14-11(16)10(19-12(14)17)4-6-3-9(18-2)8(15)5-7(6)13;1-2;/h3-5,16H,1-2H3;3-5,15H,1-2H3;;/q;;-1;+1/b11-5-;10-4-;;. The summed E-state index contributed by atoms with van der Waals surface area (Å²) in [6.45, 7) is 4.75. The Hall–Kier alpha value is -3.92. The van der Waals surface area contributed by atoms with Crippen molar-refractivity contribution in [3.63, 3.8) is 0 Å². The van der Waals surface area contributed by atoms with Crippen molar-refractivity contribution in [2.24, 2.45) is 0 Å². The SMILES string of the molecule is COc1cc(/C=C2\SC(=O)N(C)C2=O)c(Br)cc1O.COc1cc(/C=C2\SC(=O)N(C)C2=O)c(C#N)cc1O.[C-]#N.[Cu+]. The van der Waals surface area contributed by atoms with Crippen LogP contribution in [0.1, 0.15) is 16.7 Å². The number of rotatable bonds is 4. The van der Waals surface area contributed by atoms with E-state index in [4.69, 9.17) is 26.6 Å². The van der Waals surface area contributed by atoms with Crippen molar-refractivity contribution < 1.29 is 55.9 Å². The predicted octanol–water partition coefficient (Wildman–Crippen LogP) is 4.86. The van der Waals surface area contributed by atoms with Gasteiger partial charge in [-0.1, -0.05) is 15.9 Å². The van der Waals surface area contributed by atoms with Crippen LogP contribution in [0.3, 0.4) is 0 Å². The van der Waals surface area contributed by atoms with Gasteiger partial charge in [-0.2, -0.15) is 5.26 Å². The van der Waals surface area contributed by atoms with E-state index in [9.17, 15) is 29.4 Å².